The van der Waals surface area contributed by atoms with Crippen LogP contribution >= 0.6 is 11.3 Å². The minimum Gasteiger partial charge on any atom is -0.469 e. The first-order valence-electron chi connectivity index (χ1n) is 5.49. The van der Waals surface area contributed by atoms with Gasteiger partial charge in [0.05, 0.1) is 25.6 Å². The second kappa shape index (κ2) is 6.15. The lowest BCUT2D eigenvalue weighted by Crippen LogP contribution is -2.09. The minimum absolute atomic E-state index is 0.218. The summed E-state index contributed by atoms with van der Waals surface area (Å²) in [6.07, 6.45) is 5.65. The Morgan fingerprint density at radius 1 is 1.61 bits per heavy atom. The summed E-state index contributed by atoms with van der Waals surface area (Å²) in [6, 6.07) is 0. The van der Waals surface area contributed by atoms with Gasteiger partial charge in [-0.25, -0.2) is 9.97 Å². The van der Waals surface area contributed by atoms with Crippen molar-refractivity contribution in [3.05, 3.63) is 29.8 Å². The topological polar surface area (TPSA) is 69.0 Å². The first-order valence-corrected chi connectivity index (χ1v) is 6.36. The Bertz CT molecular complexity index is 495. The molecule has 0 aliphatic heterocycles. The van der Waals surface area contributed by atoms with Gasteiger partial charge in [0.25, 0.3) is 0 Å². The number of hydrogen-bond donors (Lipinski definition) is 1. The lowest BCUT2D eigenvalue weighted by Gasteiger charge is -2.02. The number of carbonyl (C=O) groups excluding carboxylic acids is 1. The molecule has 0 amide bonds. The van der Waals surface area contributed by atoms with Crippen LogP contribution in [-0.2, 0) is 22.5 Å². The largest absolute Gasteiger partial charge is 0.469 e. The van der Waals surface area contributed by atoms with Gasteiger partial charge in [-0.05, 0) is 0 Å². The van der Waals surface area contributed by atoms with Crippen molar-refractivity contribution >= 4 is 22.4 Å². The molecule has 0 saturated heterocycles. The van der Waals surface area contributed by atoms with Crippen molar-refractivity contribution in [2.45, 2.75) is 13.0 Å². The lowest BCUT2D eigenvalue weighted by atomic mass is 10.3. The minimum atomic E-state index is -0.273. The molecule has 2 heterocycles. The number of nitrogens with zero attached hydrogens (tertiary/aromatic N) is 3. The van der Waals surface area contributed by atoms with Crippen LogP contribution in [0.4, 0.5) is 5.13 Å². The van der Waals surface area contributed by atoms with Crippen LogP contribution in [0.1, 0.15) is 5.69 Å². The van der Waals surface area contributed by atoms with E-state index in [2.05, 4.69) is 20.0 Å². The van der Waals surface area contributed by atoms with Crippen molar-refractivity contribution in [1.29, 1.82) is 0 Å². The van der Waals surface area contributed by atoms with E-state index in [-0.39, 0.29) is 12.4 Å². The number of aromatic nitrogens is 3. The molecule has 96 valence electrons. The van der Waals surface area contributed by atoms with Gasteiger partial charge in [0.1, 0.15) is 0 Å². The second-order valence-corrected chi connectivity index (χ2v) is 4.48. The molecule has 2 rings (SSSR count). The fourth-order valence-electron chi connectivity index (χ4n) is 1.40. The number of anilines is 1. The smallest absolute Gasteiger partial charge is 0.311 e. The zero-order valence-corrected chi connectivity index (χ0v) is 10.8. The van der Waals surface area contributed by atoms with Gasteiger partial charge in [0.15, 0.2) is 5.13 Å². The van der Waals surface area contributed by atoms with Crippen LogP contribution in [0, 0.1) is 0 Å². The number of imidazole rings is 1. The van der Waals surface area contributed by atoms with Gasteiger partial charge in [0, 0.05) is 30.9 Å². The fourth-order valence-corrected chi connectivity index (χ4v) is 2.14. The summed E-state index contributed by atoms with van der Waals surface area (Å²) in [4.78, 5) is 19.3. The number of esters is 1. The molecule has 0 aliphatic carbocycles. The normalized spacial score (nSPS) is 10.3. The molecule has 7 heteroatoms. The molecule has 1 N–H and O–H groups in total. The molecule has 0 unspecified atom stereocenters. The van der Waals surface area contributed by atoms with E-state index in [4.69, 9.17) is 0 Å². The molecule has 0 bridgehead atoms. The first kappa shape index (κ1) is 12.6. The third kappa shape index (κ3) is 3.56. The molecule has 0 aliphatic rings. The predicted octanol–water partition coefficient (Wildman–Crippen LogP) is 1.17. The van der Waals surface area contributed by atoms with E-state index < -0.39 is 0 Å². The van der Waals surface area contributed by atoms with E-state index in [9.17, 15) is 4.79 Å². The molecule has 18 heavy (non-hydrogen) atoms. The predicted molar refractivity (Wildman–Crippen MR) is 68.6 cm³/mol. The van der Waals surface area contributed by atoms with E-state index >= 15 is 0 Å². The molecule has 2 aromatic rings. The number of hydrogen-bond acceptors (Lipinski definition) is 6. The number of methoxy groups -OCH3 is 1. The molecule has 0 radical (unpaired) electrons. The molecule has 0 fully saturated rings. The zero-order valence-electron chi connectivity index (χ0n) is 10.00. The highest BCUT2D eigenvalue weighted by molar-refractivity contribution is 7.13. The average Bonchev–Trinajstić information content (AvgIpc) is 3.01. The number of carbonyl (C=O) groups is 1. The maximum Gasteiger partial charge on any atom is 0.311 e. The average molecular weight is 266 g/mol. The van der Waals surface area contributed by atoms with E-state index in [1.807, 2.05) is 16.1 Å². The van der Waals surface area contributed by atoms with Crippen LogP contribution in [0.2, 0.25) is 0 Å². The van der Waals surface area contributed by atoms with Gasteiger partial charge < -0.3 is 14.6 Å². The molecule has 0 atom stereocenters. The molecule has 6 nitrogen and oxygen atoms in total. The summed E-state index contributed by atoms with van der Waals surface area (Å²) >= 11 is 1.48. The SMILES string of the molecule is COC(=O)Cc1csc(NCCn2ccnc2)n1. The standard InChI is InChI=1S/C11H14N4O2S/c1-17-10(16)6-9-7-18-11(14-9)13-3-5-15-4-2-12-8-15/h2,4,7-8H,3,5-6H2,1H3,(H,13,14). The Balaban J connectivity index is 1.78. The highest BCUT2D eigenvalue weighted by Crippen LogP contribution is 2.15. The van der Waals surface area contributed by atoms with Crippen molar-refractivity contribution in [2.24, 2.45) is 0 Å². The summed E-state index contributed by atoms with van der Waals surface area (Å²) < 4.78 is 6.57. The fraction of sp³-hybridized carbons (Fsp3) is 0.364. The monoisotopic (exact) mass is 266 g/mol. The van der Waals surface area contributed by atoms with E-state index in [1.54, 1.807) is 12.5 Å². The third-order valence-corrected chi connectivity index (χ3v) is 3.16. The van der Waals surface area contributed by atoms with Crippen LogP contribution < -0.4 is 5.32 Å². The van der Waals surface area contributed by atoms with Gasteiger partial charge in [-0.2, -0.15) is 0 Å². The molecular weight excluding hydrogens is 252 g/mol. The van der Waals surface area contributed by atoms with Gasteiger partial charge in [-0.1, -0.05) is 0 Å². The lowest BCUT2D eigenvalue weighted by molar-refractivity contribution is -0.139. The van der Waals surface area contributed by atoms with Crippen molar-refractivity contribution < 1.29 is 9.53 Å². The summed E-state index contributed by atoms with van der Waals surface area (Å²) in [5.74, 6) is -0.273. The molecule has 0 saturated carbocycles. The van der Waals surface area contributed by atoms with Crippen LogP contribution in [0.15, 0.2) is 24.1 Å². The Morgan fingerprint density at radius 3 is 3.22 bits per heavy atom. The van der Waals surface area contributed by atoms with Crippen LogP contribution in [-0.4, -0.2) is 34.2 Å². The van der Waals surface area contributed by atoms with E-state index in [0.29, 0.717) is 0 Å². The number of thiazole rings is 1. The van der Waals surface area contributed by atoms with Crippen molar-refractivity contribution in [3.63, 3.8) is 0 Å². The van der Waals surface area contributed by atoms with Gasteiger partial charge >= 0.3 is 5.97 Å². The molecule has 0 spiro atoms. The summed E-state index contributed by atoms with van der Waals surface area (Å²) in [5.41, 5.74) is 0.733. The summed E-state index contributed by atoms with van der Waals surface area (Å²) in [5, 5.41) is 5.87. The highest BCUT2D eigenvalue weighted by atomic mass is 32.1. The zero-order chi connectivity index (χ0) is 12.8. The van der Waals surface area contributed by atoms with Crippen molar-refractivity contribution in [2.75, 3.05) is 19.0 Å². The van der Waals surface area contributed by atoms with Crippen molar-refractivity contribution in [1.82, 2.24) is 14.5 Å². The van der Waals surface area contributed by atoms with Crippen molar-refractivity contribution in [3.8, 4) is 0 Å². The Labute approximate surface area is 109 Å². The maximum atomic E-state index is 11.1. The Morgan fingerprint density at radius 2 is 2.50 bits per heavy atom. The Hall–Kier alpha value is -1.89. The maximum absolute atomic E-state index is 11.1. The Kier molecular flexibility index (Phi) is 4.30. The number of rotatable bonds is 6. The van der Waals surface area contributed by atoms with Crippen LogP contribution in [0.25, 0.3) is 0 Å². The van der Waals surface area contributed by atoms with E-state index in [0.717, 1.165) is 23.9 Å². The van der Waals surface area contributed by atoms with Gasteiger partial charge in [0.2, 0.25) is 0 Å². The van der Waals surface area contributed by atoms with Crippen LogP contribution in [0.3, 0.4) is 0 Å². The van der Waals surface area contributed by atoms with Crippen LogP contribution in [0.5, 0.6) is 0 Å². The van der Waals surface area contributed by atoms with Gasteiger partial charge in [-0.15, -0.1) is 11.3 Å². The number of ether oxygens (including phenoxy) is 1. The molecular formula is C11H14N4O2S. The van der Waals surface area contributed by atoms with E-state index in [1.165, 1.54) is 18.4 Å². The first-order chi connectivity index (χ1) is 8.78. The summed E-state index contributed by atoms with van der Waals surface area (Å²) in [6.45, 7) is 1.59. The summed E-state index contributed by atoms with van der Waals surface area (Å²) in [7, 11) is 1.37. The number of nitrogens with one attached hydrogen (secondary N) is 1. The molecule has 2 aromatic heterocycles. The van der Waals surface area contributed by atoms with Gasteiger partial charge in [-0.3, -0.25) is 4.79 Å². The quantitative estimate of drug-likeness (QED) is 0.795. The second-order valence-electron chi connectivity index (χ2n) is 3.62. The highest BCUT2D eigenvalue weighted by Gasteiger charge is 2.07. The third-order valence-electron chi connectivity index (χ3n) is 2.31. The molecule has 0 aromatic carbocycles.